The van der Waals surface area contributed by atoms with E-state index in [2.05, 4.69) is 50.7 Å². The minimum absolute atomic E-state index is 0.0316. The van der Waals surface area contributed by atoms with Gasteiger partial charge in [-0.3, -0.25) is 9.59 Å². The first-order chi connectivity index (χ1) is 21.4. The number of amides is 2. The Morgan fingerprint density at radius 3 is 2.66 bits per heavy atom. The van der Waals surface area contributed by atoms with Crippen LogP contribution in [0.1, 0.15) is 37.2 Å². The largest absolute Gasteiger partial charge is 0.382 e. The molecule has 0 atom stereocenters. The molecule has 3 aromatic heterocycles. The van der Waals surface area contributed by atoms with E-state index in [4.69, 9.17) is 4.98 Å². The van der Waals surface area contributed by atoms with Crippen LogP contribution in [0.3, 0.4) is 0 Å². The van der Waals surface area contributed by atoms with E-state index in [0.29, 0.717) is 44.1 Å². The van der Waals surface area contributed by atoms with E-state index < -0.39 is 5.54 Å². The van der Waals surface area contributed by atoms with Gasteiger partial charge in [0.05, 0.1) is 28.0 Å². The molecule has 0 saturated carbocycles. The minimum Gasteiger partial charge on any atom is -0.382 e. The normalized spacial score (nSPS) is 16.1. The number of benzene rings is 2. The van der Waals surface area contributed by atoms with Gasteiger partial charge in [0, 0.05) is 53.8 Å². The van der Waals surface area contributed by atoms with Crippen LogP contribution in [-0.4, -0.2) is 63.0 Å². The van der Waals surface area contributed by atoms with Crippen molar-refractivity contribution >= 4 is 67.6 Å². The summed E-state index contributed by atoms with van der Waals surface area (Å²) in [6, 6.07) is 18.2. The molecule has 2 aromatic carbocycles. The number of pyridine rings is 1. The Balaban J connectivity index is 1.08. The average Bonchev–Trinajstić information content (AvgIpc) is 3.77. The second-order valence-electron chi connectivity index (χ2n) is 11.4. The van der Waals surface area contributed by atoms with Crippen LogP contribution in [0.5, 0.6) is 0 Å². The molecule has 3 N–H and O–H groups in total. The Hall–Kier alpha value is -4.55. The van der Waals surface area contributed by atoms with Crippen molar-refractivity contribution in [3.8, 4) is 10.6 Å². The first-order valence-corrected chi connectivity index (χ1v) is 16.4. The molecule has 7 rings (SSSR count). The van der Waals surface area contributed by atoms with E-state index in [-0.39, 0.29) is 17.9 Å². The third-order valence-electron chi connectivity index (χ3n) is 8.19. The Bertz CT molecular complexity index is 1830. The Labute approximate surface area is 263 Å². The van der Waals surface area contributed by atoms with Gasteiger partial charge in [0.25, 0.3) is 5.91 Å². The summed E-state index contributed by atoms with van der Waals surface area (Å²) in [5.74, 6) is 0.621. The van der Waals surface area contributed by atoms with Crippen LogP contribution in [0, 0.1) is 0 Å². The molecular formula is C32H32N8O2S2. The van der Waals surface area contributed by atoms with Crippen molar-refractivity contribution in [3.05, 3.63) is 77.4 Å². The number of fused-ring (bicyclic) bond motifs is 1. The number of aromatic nitrogens is 3. The van der Waals surface area contributed by atoms with Crippen molar-refractivity contribution in [1.29, 1.82) is 0 Å². The number of nitrogens with one attached hydrogen (secondary N) is 3. The highest BCUT2D eigenvalue weighted by Crippen LogP contribution is 2.37. The molecule has 5 aromatic rings. The Morgan fingerprint density at radius 2 is 1.86 bits per heavy atom. The van der Waals surface area contributed by atoms with E-state index in [1.807, 2.05) is 64.3 Å². The fraction of sp³-hybridized carbons (Fsp3) is 0.281. The minimum atomic E-state index is -0.642. The van der Waals surface area contributed by atoms with Gasteiger partial charge in [-0.15, -0.1) is 22.7 Å². The lowest BCUT2D eigenvalue weighted by atomic mass is 9.85. The summed E-state index contributed by atoms with van der Waals surface area (Å²) >= 11 is 3.03. The summed E-state index contributed by atoms with van der Waals surface area (Å²) in [7, 11) is 0. The maximum Gasteiger partial charge on any atom is 0.273 e. The summed E-state index contributed by atoms with van der Waals surface area (Å²) in [6.45, 7) is 5.61. The summed E-state index contributed by atoms with van der Waals surface area (Å²) in [5.41, 5.74) is 6.25. The van der Waals surface area contributed by atoms with Gasteiger partial charge in [0.1, 0.15) is 22.1 Å². The molecule has 10 nitrogen and oxygen atoms in total. The summed E-state index contributed by atoms with van der Waals surface area (Å²) < 4.78 is 1.11. The number of hydrogen-bond acceptors (Lipinski definition) is 10. The number of para-hydroxylation sites is 1. The number of hydrogen-bond donors (Lipinski definition) is 3. The molecule has 2 aliphatic heterocycles. The molecule has 0 radical (unpaired) electrons. The standard InChI is InChI=1S/C32H32N8O2S2/c1-20(2)36-25-15-28(37-21-8-9-24-27(14-21)44-19-35-24)33-16-23(25)29-38-26(17-43-29)30(41)39-12-10-32(11-13-39)31(42)34-18-40(32)22-6-4-3-5-7-22/h3-9,14-17,19-20H,10-13,18H2,1-2H3,(H,34,42)(H2,33,36,37). The quantitative estimate of drug-likeness (QED) is 0.204. The predicted octanol–water partition coefficient (Wildman–Crippen LogP) is 5.95. The van der Waals surface area contributed by atoms with Gasteiger partial charge in [-0.25, -0.2) is 15.0 Å². The second-order valence-corrected chi connectivity index (χ2v) is 13.1. The molecule has 224 valence electrons. The van der Waals surface area contributed by atoms with Crippen molar-refractivity contribution in [3.63, 3.8) is 0 Å². The van der Waals surface area contributed by atoms with Crippen LogP contribution in [-0.2, 0) is 4.79 Å². The zero-order valence-electron chi connectivity index (χ0n) is 24.4. The molecule has 2 saturated heterocycles. The Kier molecular flexibility index (Phi) is 7.39. The van der Waals surface area contributed by atoms with Crippen LogP contribution in [0.4, 0.5) is 22.9 Å². The van der Waals surface area contributed by atoms with Crippen LogP contribution < -0.4 is 20.9 Å². The lowest BCUT2D eigenvalue weighted by Crippen LogP contribution is -2.57. The SMILES string of the molecule is CC(C)Nc1cc(Nc2ccc3ncsc3c2)ncc1-c1nc(C(=O)N2CCC3(CC2)C(=O)NCN3c2ccccc2)cs1. The van der Waals surface area contributed by atoms with E-state index in [1.165, 1.54) is 11.3 Å². The van der Waals surface area contributed by atoms with Crippen molar-refractivity contribution in [2.75, 3.05) is 35.3 Å². The lowest BCUT2D eigenvalue weighted by molar-refractivity contribution is -0.124. The van der Waals surface area contributed by atoms with Gasteiger partial charge in [-0.1, -0.05) is 18.2 Å². The molecular weight excluding hydrogens is 593 g/mol. The molecule has 2 aliphatic rings. The zero-order chi connectivity index (χ0) is 30.3. The van der Waals surface area contributed by atoms with Gasteiger partial charge in [0.15, 0.2) is 0 Å². The molecule has 1 spiro atoms. The average molecular weight is 625 g/mol. The number of likely N-dealkylation sites (tertiary alicyclic amines) is 1. The van der Waals surface area contributed by atoms with E-state index in [1.54, 1.807) is 17.5 Å². The fourth-order valence-electron chi connectivity index (χ4n) is 5.98. The maximum atomic E-state index is 13.6. The number of rotatable bonds is 7. The van der Waals surface area contributed by atoms with Gasteiger partial charge in [-0.2, -0.15) is 0 Å². The number of thiazole rings is 2. The molecule has 0 unspecified atom stereocenters. The summed E-state index contributed by atoms with van der Waals surface area (Å²) in [6.07, 6.45) is 2.92. The van der Waals surface area contributed by atoms with Crippen LogP contribution in [0.2, 0.25) is 0 Å². The van der Waals surface area contributed by atoms with Crippen LogP contribution in [0.15, 0.2) is 71.7 Å². The van der Waals surface area contributed by atoms with Gasteiger partial charge >= 0.3 is 0 Å². The Morgan fingerprint density at radius 1 is 1.05 bits per heavy atom. The van der Waals surface area contributed by atoms with E-state index >= 15 is 0 Å². The smallest absolute Gasteiger partial charge is 0.273 e. The van der Waals surface area contributed by atoms with Gasteiger partial charge in [-0.05, 0) is 57.0 Å². The molecule has 5 heterocycles. The summed E-state index contributed by atoms with van der Waals surface area (Å²) in [4.78, 5) is 44.4. The third-order valence-corrected chi connectivity index (χ3v) is 9.86. The van der Waals surface area contributed by atoms with E-state index in [9.17, 15) is 9.59 Å². The number of nitrogens with zero attached hydrogens (tertiary/aromatic N) is 5. The van der Waals surface area contributed by atoms with E-state index in [0.717, 1.165) is 37.8 Å². The predicted molar refractivity (Wildman–Crippen MR) is 177 cm³/mol. The van der Waals surface area contributed by atoms with Crippen molar-refractivity contribution in [2.45, 2.75) is 38.3 Å². The number of carbonyl (C=O) groups is 2. The van der Waals surface area contributed by atoms with Crippen molar-refractivity contribution in [1.82, 2.24) is 25.2 Å². The molecule has 12 heteroatoms. The van der Waals surface area contributed by atoms with Crippen LogP contribution in [0.25, 0.3) is 20.8 Å². The zero-order valence-corrected chi connectivity index (χ0v) is 26.0. The molecule has 0 bridgehead atoms. The molecule has 44 heavy (non-hydrogen) atoms. The van der Waals surface area contributed by atoms with Crippen molar-refractivity contribution < 1.29 is 9.59 Å². The number of carbonyl (C=O) groups excluding carboxylic acids is 2. The molecule has 2 amide bonds. The lowest BCUT2D eigenvalue weighted by Gasteiger charge is -2.43. The highest BCUT2D eigenvalue weighted by molar-refractivity contribution is 7.16. The monoisotopic (exact) mass is 624 g/mol. The number of piperidine rings is 1. The van der Waals surface area contributed by atoms with Crippen LogP contribution >= 0.6 is 22.7 Å². The van der Waals surface area contributed by atoms with Crippen molar-refractivity contribution in [2.24, 2.45) is 0 Å². The first-order valence-electron chi connectivity index (χ1n) is 14.6. The maximum absolute atomic E-state index is 13.6. The fourth-order valence-corrected chi connectivity index (χ4v) is 7.51. The van der Waals surface area contributed by atoms with Gasteiger partial charge < -0.3 is 25.8 Å². The first kappa shape index (κ1) is 28.2. The second kappa shape index (κ2) is 11.5. The number of anilines is 4. The molecule has 2 fully saturated rings. The molecule has 0 aliphatic carbocycles. The third kappa shape index (κ3) is 5.24. The highest BCUT2D eigenvalue weighted by atomic mass is 32.1. The summed E-state index contributed by atoms with van der Waals surface area (Å²) in [5, 5.41) is 12.5. The topological polar surface area (TPSA) is 115 Å². The highest BCUT2D eigenvalue weighted by Gasteiger charge is 2.51. The van der Waals surface area contributed by atoms with Gasteiger partial charge in [0.2, 0.25) is 5.91 Å².